The topological polar surface area (TPSA) is 59.0 Å². The van der Waals surface area contributed by atoms with Crippen LogP contribution in [0.1, 0.15) is 22.4 Å². The molecule has 0 bridgehead atoms. The predicted octanol–water partition coefficient (Wildman–Crippen LogP) is 5.21. The van der Waals surface area contributed by atoms with Crippen molar-refractivity contribution in [3.8, 4) is 0 Å². The Morgan fingerprint density at radius 1 is 1.11 bits per heavy atom. The highest BCUT2D eigenvalue weighted by molar-refractivity contribution is 6.31. The number of urea groups is 1. The summed E-state index contributed by atoms with van der Waals surface area (Å²) in [5.41, 5.74) is -2.69. The van der Waals surface area contributed by atoms with Gasteiger partial charge in [-0.05, 0) is 31.2 Å². The quantitative estimate of drug-likeness (QED) is 0.662. The molecule has 0 fully saturated rings. The number of anilines is 1. The van der Waals surface area contributed by atoms with Gasteiger partial charge in [-0.25, -0.2) is 4.79 Å². The smallest absolute Gasteiger partial charge is 0.314 e. The van der Waals surface area contributed by atoms with E-state index in [1.54, 1.807) is 14.0 Å². The lowest BCUT2D eigenvalue weighted by molar-refractivity contribution is -0.143. The van der Waals surface area contributed by atoms with Crippen LogP contribution in [0.3, 0.4) is 0 Å². The molecule has 152 valence electrons. The monoisotopic (exact) mass is 426 g/mol. The van der Waals surface area contributed by atoms with Crippen LogP contribution in [0.5, 0.6) is 0 Å². The molecule has 0 aliphatic heterocycles. The van der Waals surface area contributed by atoms with E-state index in [9.17, 15) is 31.1 Å². The van der Waals surface area contributed by atoms with Crippen molar-refractivity contribution in [3.05, 3.63) is 51.9 Å². The molecule has 2 N–H and O–H groups in total. The van der Waals surface area contributed by atoms with E-state index < -0.39 is 35.2 Å². The molecule has 0 atom stereocenters. The van der Waals surface area contributed by atoms with Crippen molar-refractivity contribution < 1.29 is 31.1 Å². The van der Waals surface area contributed by atoms with E-state index in [4.69, 9.17) is 11.6 Å². The fourth-order valence-corrected chi connectivity index (χ4v) is 2.47. The summed E-state index contributed by atoms with van der Waals surface area (Å²) in [4.78, 5) is 11.8. The molecule has 0 saturated heterocycles. The highest BCUT2D eigenvalue weighted by atomic mass is 35.5. The van der Waals surface area contributed by atoms with Crippen molar-refractivity contribution >= 4 is 29.4 Å². The van der Waals surface area contributed by atoms with Gasteiger partial charge in [0, 0.05) is 24.5 Å². The molecular weight excluding hydrogens is 414 g/mol. The number of aromatic nitrogens is 2. The zero-order valence-corrected chi connectivity index (χ0v) is 15.1. The normalized spacial score (nSPS) is 12.5. The van der Waals surface area contributed by atoms with Crippen molar-refractivity contribution in [1.82, 2.24) is 15.1 Å². The molecule has 12 heteroatoms. The predicted molar refractivity (Wildman–Crippen MR) is 90.6 cm³/mol. The second-order valence-corrected chi connectivity index (χ2v) is 6.00. The summed E-state index contributed by atoms with van der Waals surface area (Å²) in [6.45, 7) is 1.66. The van der Waals surface area contributed by atoms with Crippen LogP contribution in [0.25, 0.3) is 6.08 Å². The van der Waals surface area contributed by atoms with Gasteiger partial charge in [-0.1, -0.05) is 11.6 Å². The Balaban J connectivity index is 2.18. The van der Waals surface area contributed by atoms with Gasteiger partial charge in [-0.3, -0.25) is 4.68 Å². The average Bonchev–Trinajstić information content (AvgIpc) is 2.79. The molecule has 2 rings (SSSR count). The Bertz CT molecular complexity index is 885. The largest absolute Gasteiger partial charge is 0.416 e. The third kappa shape index (κ3) is 5.18. The van der Waals surface area contributed by atoms with E-state index in [1.807, 2.05) is 5.32 Å². The van der Waals surface area contributed by atoms with Crippen LogP contribution in [0, 0.1) is 6.92 Å². The average molecular weight is 427 g/mol. The number of amides is 2. The summed E-state index contributed by atoms with van der Waals surface area (Å²) in [6, 6.07) is -0.265. The van der Waals surface area contributed by atoms with E-state index in [0.29, 0.717) is 23.4 Å². The van der Waals surface area contributed by atoms with E-state index >= 15 is 0 Å². The minimum absolute atomic E-state index is 0.0316. The van der Waals surface area contributed by atoms with Crippen LogP contribution < -0.4 is 10.6 Å². The van der Waals surface area contributed by atoms with Crippen molar-refractivity contribution in [2.45, 2.75) is 19.3 Å². The lowest BCUT2D eigenvalue weighted by Gasteiger charge is -2.14. The molecule has 1 aromatic heterocycles. The number of rotatable bonds is 3. The summed E-state index contributed by atoms with van der Waals surface area (Å²) in [5.74, 6) is 0. The molecule has 0 unspecified atom stereocenters. The first-order chi connectivity index (χ1) is 12.8. The Morgan fingerprint density at radius 3 is 2.07 bits per heavy atom. The molecule has 5 nitrogen and oxygen atoms in total. The second kappa shape index (κ2) is 7.74. The van der Waals surface area contributed by atoms with Crippen LogP contribution in [0.4, 0.5) is 36.8 Å². The molecule has 0 radical (unpaired) electrons. The van der Waals surface area contributed by atoms with Crippen LogP contribution >= 0.6 is 11.6 Å². The molecule has 1 heterocycles. The third-order valence-corrected chi connectivity index (χ3v) is 3.95. The highest BCUT2D eigenvalue weighted by Gasteiger charge is 2.37. The molecule has 0 aliphatic rings. The Kier molecular flexibility index (Phi) is 5.97. The number of nitrogens with zero attached hydrogens (tertiary/aromatic N) is 2. The first kappa shape index (κ1) is 21.6. The first-order valence-electron chi connectivity index (χ1n) is 7.51. The molecule has 2 amide bonds. The SMILES string of the molecule is Cc1nn(C)c(Cl)c1/C=C/NC(=O)Nc1cc(C(F)(F)F)cc(C(F)(F)F)c1. The Hall–Kier alpha value is -2.69. The maximum atomic E-state index is 12.8. The van der Waals surface area contributed by atoms with Gasteiger partial charge >= 0.3 is 18.4 Å². The molecule has 28 heavy (non-hydrogen) atoms. The van der Waals surface area contributed by atoms with Gasteiger partial charge in [0.2, 0.25) is 0 Å². The number of carbonyl (C=O) groups is 1. The number of nitrogens with one attached hydrogen (secondary N) is 2. The molecule has 0 saturated carbocycles. The van der Waals surface area contributed by atoms with E-state index in [0.717, 1.165) is 6.20 Å². The van der Waals surface area contributed by atoms with Gasteiger partial charge in [-0.15, -0.1) is 0 Å². The van der Waals surface area contributed by atoms with Gasteiger partial charge in [0.1, 0.15) is 5.15 Å². The van der Waals surface area contributed by atoms with E-state index in [1.165, 1.54) is 10.8 Å². The van der Waals surface area contributed by atoms with Crippen LogP contribution in [-0.4, -0.2) is 15.8 Å². The minimum atomic E-state index is -5.01. The summed E-state index contributed by atoms with van der Waals surface area (Å²) in [5, 5.41) is 8.42. The van der Waals surface area contributed by atoms with E-state index in [-0.39, 0.29) is 11.2 Å². The zero-order valence-electron chi connectivity index (χ0n) is 14.3. The maximum absolute atomic E-state index is 12.8. The van der Waals surface area contributed by atoms with Gasteiger partial charge in [-0.2, -0.15) is 31.4 Å². The number of halogens is 7. The number of hydrogen-bond acceptors (Lipinski definition) is 2. The molecule has 0 aliphatic carbocycles. The number of alkyl halides is 6. The maximum Gasteiger partial charge on any atom is 0.416 e. The van der Waals surface area contributed by atoms with Crippen LogP contribution in [0.15, 0.2) is 24.4 Å². The van der Waals surface area contributed by atoms with Gasteiger partial charge in [0.15, 0.2) is 0 Å². The molecule has 2 aromatic rings. The van der Waals surface area contributed by atoms with Crippen molar-refractivity contribution in [2.75, 3.05) is 5.32 Å². The Labute approximate surface area is 160 Å². The summed E-state index contributed by atoms with van der Waals surface area (Å²) in [7, 11) is 1.60. The molecular formula is C16H13ClF6N4O. The van der Waals surface area contributed by atoms with Crippen molar-refractivity contribution in [1.29, 1.82) is 0 Å². The summed E-state index contributed by atoms with van der Waals surface area (Å²) < 4.78 is 78.3. The lowest BCUT2D eigenvalue weighted by atomic mass is 10.1. The fraction of sp³-hybridized carbons (Fsp3) is 0.250. The van der Waals surface area contributed by atoms with Crippen LogP contribution in [0.2, 0.25) is 5.15 Å². The Morgan fingerprint density at radius 2 is 1.64 bits per heavy atom. The number of hydrogen-bond donors (Lipinski definition) is 2. The lowest BCUT2D eigenvalue weighted by Crippen LogP contribution is -2.24. The number of benzene rings is 1. The molecule has 1 aromatic carbocycles. The second-order valence-electron chi connectivity index (χ2n) is 5.64. The number of aryl methyl sites for hydroxylation is 2. The third-order valence-electron chi connectivity index (χ3n) is 3.51. The first-order valence-corrected chi connectivity index (χ1v) is 7.89. The summed E-state index contributed by atoms with van der Waals surface area (Å²) >= 11 is 5.99. The van der Waals surface area contributed by atoms with E-state index in [2.05, 4.69) is 10.4 Å². The molecule has 0 spiro atoms. The van der Waals surface area contributed by atoms with Crippen LogP contribution in [-0.2, 0) is 19.4 Å². The number of carbonyl (C=O) groups excluding carboxylic acids is 1. The standard InChI is InChI=1S/C16H13ClF6N4O/c1-8-12(13(17)27(2)26-8)3-4-24-14(28)25-11-6-9(15(18,19)20)5-10(7-11)16(21,22)23/h3-7H,1-2H3,(H2,24,25,28)/b4-3+. The minimum Gasteiger partial charge on any atom is -0.314 e. The van der Waals surface area contributed by atoms with Crippen molar-refractivity contribution in [2.24, 2.45) is 7.05 Å². The zero-order chi connectivity index (χ0) is 21.3. The van der Waals surface area contributed by atoms with Gasteiger partial charge in [0.05, 0.1) is 16.8 Å². The summed E-state index contributed by atoms with van der Waals surface area (Å²) in [6.07, 6.45) is -7.51. The van der Waals surface area contributed by atoms with Gasteiger partial charge < -0.3 is 10.6 Å². The van der Waals surface area contributed by atoms with Gasteiger partial charge in [0.25, 0.3) is 0 Å². The fourth-order valence-electron chi connectivity index (χ4n) is 2.23. The highest BCUT2D eigenvalue weighted by Crippen LogP contribution is 2.37. The van der Waals surface area contributed by atoms with Crippen molar-refractivity contribution in [3.63, 3.8) is 0 Å².